The van der Waals surface area contributed by atoms with E-state index < -0.39 is 0 Å². The Morgan fingerprint density at radius 2 is 1.29 bits per heavy atom. The highest BCUT2D eigenvalue weighted by molar-refractivity contribution is 5.22. The highest BCUT2D eigenvalue weighted by Gasteiger charge is 2.69. The zero-order valence-corrected chi connectivity index (χ0v) is 13.4. The lowest BCUT2D eigenvalue weighted by Gasteiger charge is -2.49. The van der Waals surface area contributed by atoms with Crippen molar-refractivity contribution in [1.29, 1.82) is 0 Å². The zero-order valence-electron chi connectivity index (χ0n) is 13.4. The van der Waals surface area contributed by atoms with Gasteiger partial charge in [0.05, 0.1) is 6.10 Å². The maximum absolute atomic E-state index is 5.69. The average Bonchev–Trinajstić information content (AvgIpc) is 2.29. The molecule has 0 spiro atoms. The van der Waals surface area contributed by atoms with Gasteiger partial charge in [-0.3, -0.25) is 4.90 Å². The van der Waals surface area contributed by atoms with Gasteiger partial charge in [0.1, 0.15) is 0 Å². The number of likely N-dealkylation sites (tertiary alicyclic amines) is 1. The molecule has 2 unspecified atom stereocenters. The fraction of sp³-hybridized carbons (Fsp3) is 1.00. The normalized spacial score (nSPS) is 37.1. The summed E-state index contributed by atoms with van der Waals surface area (Å²) in [5.74, 6) is 0. The molecule has 1 fully saturated rings. The topological polar surface area (TPSA) is 12.5 Å². The first-order chi connectivity index (χ1) is 7.39. The SMILES string of the molecule is COC(C)C1(C)N(C)C(C)(C)C(C)(C)C1(C)C. The third-order valence-corrected chi connectivity index (χ3v) is 7.04. The molecule has 2 nitrogen and oxygen atoms in total. The van der Waals surface area contributed by atoms with Crippen LogP contribution in [0.1, 0.15) is 55.4 Å². The smallest absolute Gasteiger partial charge is 0.0729 e. The molecular weight excluding hydrogens is 210 g/mol. The van der Waals surface area contributed by atoms with Crippen molar-refractivity contribution in [2.24, 2.45) is 10.8 Å². The number of hydrogen-bond acceptors (Lipinski definition) is 2. The van der Waals surface area contributed by atoms with Gasteiger partial charge in [0.15, 0.2) is 0 Å². The zero-order chi connectivity index (χ0) is 13.9. The molecule has 0 amide bonds. The van der Waals surface area contributed by atoms with Crippen LogP contribution in [0, 0.1) is 10.8 Å². The molecule has 0 saturated carbocycles. The van der Waals surface area contributed by atoms with Gasteiger partial charge in [-0.25, -0.2) is 0 Å². The Kier molecular flexibility index (Phi) is 3.27. The standard InChI is InChI=1S/C15H31NO/c1-11(17-10)15(8)13(4,5)12(2,3)14(6,7)16(15)9/h11H,1-10H3. The second-order valence-electron chi connectivity index (χ2n) is 7.39. The highest BCUT2D eigenvalue weighted by atomic mass is 16.5. The van der Waals surface area contributed by atoms with E-state index in [1.54, 1.807) is 0 Å². The Bertz CT molecular complexity index is 306. The van der Waals surface area contributed by atoms with Gasteiger partial charge >= 0.3 is 0 Å². The fourth-order valence-electron chi connectivity index (χ4n) is 3.83. The summed E-state index contributed by atoms with van der Waals surface area (Å²) >= 11 is 0. The third kappa shape index (κ3) is 1.40. The molecule has 0 N–H and O–H groups in total. The van der Waals surface area contributed by atoms with Gasteiger partial charge in [-0.1, -0.05) is 27.7 Å². The molecule has 1 aliphatic rings. The second-order valence-corrected chi connectivity index (χ2v) is 7.39. The first-order valence-electron chi connectivity index (χ1n) is 6.65. The molecule has 17 heavy (non-hydrogen) atoms. The van der Waals surface area contributed by atoms with Crippen LogP contribution in [0.2, 0.25) is 0 Å². The van der Waals surface area contributed by atoms with Crippen molar-refractivity contribution in [1.82, 2.24) is 4.90 Å². The molecule has 0 radical (unpaired) electrons. The summed E-state index contributed by atoms with van der Waals surface area (Å²) in [6, 6.07) is 0. The van der Waals surface area contributed by atoms with E-state index in [9.17, 15) is 0 Å². The highest BCUT2D eigenvalue weighted by Crippen LogP contribution is 2.64. The van der Waals surface area contributed by atoms with E-state index in [1.165, 1.54) is 0 Å². The predicted octanol–water partition coefficient (Wildman–Crippen LogP) is 3.56. The molecule has 0 aromatic carbocycles. The minimum absolute atomic E-state index is 0.0365. The Hall–Kier alpha value is -0.0800. The van der Waals surface area contributed by atoms with Gasteiger partial charge in [-0.05, 0) is 45.6 Å². The van der Waals surface area contributed by atoms with E-state index >= 15 is 0 Å². The molecule has 0 bridgehead atoms. The van der Waals surface area contributed by atoms with Gasteiger partial charge in [-0.15, -0.1) is 0 Å². The van der Waals surface area contributed by atoms with Crippen LogP contribution in [-0.4, -0.2) is 36.2 Å². The molecule has 1 rings (SSSR count). The number of methoxy groups -OCH3 is 1. The number of likely N-dealkylation sites (N-methyl/N-ethyl adjacent to an activating group) is 1. The van der Waals surface area contributed by atoms with Crippen LogP contribution in [0.3, 0.4) is 0 Å². The lowest BCUT2D eigenvalue weighted by molar-refractivity contribution is -0.0688. The minimum Gasteiger partial charge on any atom is -0.380 e. The molecule has 1 saturated heterocycles. The lowest BCUT2D eigenvalue weighted by atomic mass is 9.56. The molecule has 0 aliphatic carbocycles. The third-order valence-electron chi connectivity index (χ3n) is 7.04. The van der Waals surface area contributed by atoms with Crippen LogP contribution in [0.4, 0.5) is 0 Å². The monoisotopic (exact) mass is 241 g/mol. The fourth-order valence-corrected chi connectivity index (χ4v) is 3.83. The largest absolute Gasteiger partial charge is 0.380 e. The Labute approximate surface area is 108 Å². The number of nitrogens with zero attached hydrogens (tertiary/aromatic N) is 1. The van der Waals surface area contributed by atoms with E-state index in [0.717, 1.165) is 0 Å². The van der Waals surface area contributed by atoms with E-state index in [4.69, 9.17) is 4.74 Å². The van der Waals surface area contributed by atoms with Crippen molar-refractivity contribution in [2.45, 2.75) is 72.6 Å². The van der Waals surface area contributed by atoms with Gasteiger partial charge < -0.3 is 4.74 Å². The second kappa shape index (κ2) is 3.71. The van der Waals surface area contributed by atoms with Crippen molar-refractivity contribution < 1.29 is 4.74 Å². The van der Waals surface area contributed by atoms with E-state index in [2.05, 4.69) is 67.3 Å². The quantitative estimate of drug-likeness (QED) is 0.733. The first kappa shape index (κ1) is 15.0. The van der Waals surface area contributed by atoms with Crippen molar-refractivity contribution in [3.05, 3.63) is 0 Å². The molecule has 2 heteroatoms. The summed E-state index contributed by atoms with van der Waals surface area (Å²) in [5.41, 5.74) is 0.580. The summed E-state index contributed by atoms with van der Waals surface area (Å²) in [5, 5.41) is 0. The van der Waals surface area contributed by atoms with Gasteiger partial charge in [0.2, 0.25) is 0 Å². The van der Waals surface area contributed by atoms with E-state index in [0.29, 0.717) is 0 Å². The van der Waals surface area contributed by atoms with Gasteiger partial charge in [0.25, 0.3) is 0 Å². The summed E-state index contributed by atoms with van der Waals surface area (Å²) < 4.78 is 5.69. The Morgan fingerprint density at radius 1 is 0.882 bits per heavy atom. The summed E-state index contributed by atoms with van der Waals surface area (Å²) in [7, 11) is 4.06. The summed E-state index contributed by atoms with van der Waals surface area (Å²) in [4.78, 5) is 2.52. The Balaban J connectivity index is 3.45. The summed E-state index contributed by atoms with van der Waals surface area (Å²) in [6.07, 6.45) is 0.212. The van der Waals surface area contributed by atoms with Crippen LogP contribution < -0.4 is 0 Å². The number of ether oxygens (including phenoxy) is 1. The average molecular weight is 241 g/mol. The molecule has 1 heterocycles. The van der Waals surface area contributed by atoms with Crippen molar-refractivity contribution in [2.75, 3.05) is 14.2 Å². The Morgan fingerprint density at radius 3 is 1.53 bits per heavy atom. The maximum Gasteiger partial charge on any atom is 0.0729 e. The lowest BCUT2D eigenvalue weighted by Crippen LogP contribution is -2.58. The number of hydrogen-bond donors (Lipinski definition) is 0. The van der Waals surface area contributed by atoms with E-state index in [1.807, 2.05) is 7.11 Å². The van der Waals surface area contributed by atoms with Crippen LogP contribution in [-0.2, 0) is 4.74 Å². The first-order valence-corrected chi connectivity index (χ1v) is 6.65. The van der Waals surface area contributed by atoms with Crippen LogP contribution in [0.5, 0.6) is 0 Å². The molecule has 0 aromatic rings. The molecule has 2 atom stereocenters. The minimum atomic E-state index is 0.0365. The van der Waals surface area contributed by atoms with Crippen LogP contribution in [0.25, 0.3) is 0 Å². The van der Waals surface area contributed by atoms with Crippen LogP contribution >= 0.6 is 0 Å². The van der Waals surface area contributed by atoms with Gasteiger partial charge in [0, 0.05) is 18.2 Å². The molecule has 102 valence electrons. The molecule has 0 aromatic heterocycles. The van der Waals surface area contributed by atoms with Crippen molar-refractivity contribution in [3.8, 4) is 0 Å². The van der Waals surface area contributed by atoms with Crippen molar-refractivity contribution >= 4 is 0 Å². The van der Waals surface area contributed by atoms with Gasteiger partial charge in [-0.2, -0.15) is 0 Å². The van der Waals surface area contributed by atoms with Crippen molar-refractivity contribution in [3.63, 3.8) is 0 Å². The molecule has 1 aliphatic heterocycles. The maximum atomic E-state index is 5.69. The molecular formula is C15H31NO. The summed E-state index contributed by atoms with van der Waals surface area (Å²) in [6.45, 7) is 18.8. The predicted molar refractivity (Wildman–Crippen MR) is 74.3 cm³/mol. The number of rotatable bonds is 2. The van der Waals surface area contributed by atoms with Crippen LogP contribution in [0.15, 0.2) is 0 Å². The van der Waals surface area contributed by atoms with E-state index in [-0.39, 0.29) is 28.0 Å².